The van der Waals surface area contributed by atoms with Crippen LogP contribution in [0.3, 0.4) is 0 Å². The number of hydrogen-bond acceptors (Lipinski definition) is 1. The highest BCUT2D eigenvalue weighted by Gasteiger charge is 2.04. The van der Waals surface area contributed by atoms with E-state index in [-0.39, 0.29) is 0 Å². The van der Waals surface area contributed by atoms with Crippen molar-refractivity contribution >= 4 is 0 Å². The van der Waals surface area contributed by atoms with Crippen LogP contribution in [0, 0.1) is 5.92 Å². The molecule has 0 fully saturated rings. The van der Waals surface area contributed by atoms with Gasteiger partial charge in [-0.3, -0.25) is 0 Å². The lowest BCUT2D eigenvalue weighted by Crippen LogP contribution is -2.23. The van der Waals surface area contributed by atoms with Crippen LogP contribution < -0.4 is 5.32 Å². The Hall–Kier alpha value is -0.0400. The molecule has 0 aromatic heterocycles. The molecule has 0 aliphatic carbocycles. The van der Waals surface area contributed by atoms with Crippen molar-refractivity contribution in [3.8, 4) is 0 Å². The van der Waals surface area contributed by atoms with Crippen LogP contribution in [0.5, 0.6) is 0 Å². The fourth-order valence-electron chi connectivity index (χ4n) is 2.17. The Balaban J connectivity index is 3.27. The van der Waals surface area contributed by atoms with Crippen molar-refractivity contribution < 1.29 is 0 Å². The van der Waals surface area contributed by atoms with Gasteiger partial charge in [-0.05, 0) is 18.9 Å². The predicted octanol–water partition coefficient (Wildman–Crippen LogP) is 4.76. The summed E-state index contributed by atoms with van der Waals surface area (Å²) in [6.07, 6.45) is 11.3. The van der Waals surface area contributed by atoms with Crippen molar-refractivity contribution in [1.82, 2.24) is 5.32 Å². The van der Waals surface area contributed by atoms with E-state index in [0.717, 1.165) is 5.92 Å². The summed E-state index contributed by atoms with van der Waals surface area (Å²) in [7, 11) is 0. The second-order valence-electron chi connectivity index (χ2n) is 5.37. The maximum atomic E-state index is 3.48. The van der Waals surface area contributed by atoms with Gasteiger partial charge in [0.25, 0.3) is 0 Å². The smallest absolute Gasteiger partial charge is 0.00103 e. The van der Waals surface area contributed by atoms with Gasteiger partial charge in [0.1, 0.15) is 0 Å². The van der Waals surface area contributed by atoms with Crippen LogP contribution in [0.2, 0.25) is 0 Å². The molecule has 0 spiro atoms. The summed E-state index contributed by atoms with van der Waals surface area (Å²) in [4.78, 5) is 0. The molecular formula is C15H33N. The molecule has 1 unspecified atom stereocenters. The van der Waals surface area contributed by atoms with Crippen LogP contribution >= 0.6 is 0 Å². The van der Waals surface area contributed by atoms with E-state index in [0.29, 0.717) is 6.04 Å². The first-order valence-electron chi connectivity index (χ1n) is 7.44. The van der Waals surface area contributed by atoms with E-state index in [2.05, 4.69) is 33.0 Å². The van der Waals surface area contributed by atoms with Crippen molar-refractivity contribution in [2.75, 3.05) is 6.54 Å². The molecule has 1 N–H and O–H groups in total. The van der Waals surface area contributed by atoms with Crippen molar-refractivity contribution in [3.63, 3.8) is 0 Å². The third-order valence-electron chi connectivity index (χ3n) is 3.39. The summed E-state index contributed by atoms with van der Waals surface area (Å²) in [5, 5.41) is 3.48. The lowest BCUT2D eigenvalue weighted by Gasteiger charge is -2.14. The Morgan fingerprint density at radius 3 is 2.12 bits per heavy atom. The lowest BCUT2D eigenvalue weighted by atomic mass is 9.93. The van der Waals surface area contributed by atoms with Crippen LogP contribution in [0.1, 0.15) is 79.1 Å². The summed E-state index contributed by atoms with van der Waals surface area (Å²) >= 11 is 0. The average Bonchev–Trinajstić information content (AvgIpc) is 2.26. The Morgan fingerprint density at radius 1 is 0.875 bits per heavy atom. The maximum Gasteiger partial charge on any atom is 0.00103 e. The van der Waals surface area contributed by atoms with E-state index in [1.807, 2.05) is 0 Å². The highest BCUT2D eigenvalue weighted by molar-refractivity contribution is 4.59. The second-order valence-corrected chi connectivity index (χ2v) is 5.37. The van der Waals surface area contributed by atoms with Crippen LogP contribution in [0.4, 0.5) is 0 Å². The molecule has 0 aliphatic rings. The van der Waals surface area contributed by atoms with Gasteiger partial charge in [0, 0.05) is 6.04 Å². The van der Waals surface area contributed by atoms with E-state index in [4.69, 9.17) is 0 Å². The summed E-state index contributed by atoms with van der Waals surface area (Å²) in [6.45, 7) is 10.3. The van der Waals surface area contributed by atoms with Crippen molar-refractivity contribution in [1.29, 1.82) is 0 Å². The van der Waals surface area contributed by atoms with E-state index in [1.54, 1.807) is 0 Å². The SMILES string of the molecule is CCCCC(CC)CCCCCNC(C)C. The Bertz CT molecular complexity index is 131. The van der Waals surface area contributed by atoms with Crippen molar-refractivity contribution in [2.24, 2.45) is 5.92 Å². The Kier molecular flexibility index (Phi) is 11.4. The molecule has 0 saturated heterocycles. The predicted molar refractivity (Wildman–Crippen MR) is 74.9 cm³/mol. The normalized spacial score (nSPS) is 13.3. The first-order valence-corrected chi connectivity index (χ1v) is 7.44. The van der Waals surface area contributed by atoms with E-state index >= 15 is 0 Å². The van der Waals surface area contributed by atoms with E-state index in [9.17, 15) is 0 Å². The summed E-state index contributed by atoms with van der Waals surface area (Å²) in [6, 6.07) is 0.646. The number of nitrogens with one attached hydrogen (secondary N) is 1. The van der Waals surface area contributed by atoms with Gasteiger partial charge in [-0.25, -0.2) is 0 Å². The van der Waals surface area contributed by atoms with Crippen LogP contribution in [-0.2, 0) is 0 Å². The van der Waals surface area contributed by atoms with Gasteiger partial charge in [0.05, 0.1) is 0 Å². The average molecular weight is 227 g/mol. The molecule has 0 saturated carbocycles. The van der Waals surface area contributed by atoms with Crippen LogP contribution in [-0.4, -0.2) is 12.6 Å². The molecule has 0 aliphatic heterocycles. The van der Waals surface area contributed by atoms with Crippen LogP contribution in [0.25, 0.3) is 0 Å². The number of unbranched alkanes of at least 4 members (excludes halogenated alkanes) is 3. The van der Waals surface area contributed by atoms with Gasteiger partial charge in [0.15, 0.2) is 0 Å². The van der Waals surface area contributed by atoms with E-state index in [1.165, 1.54) is 57.9 Å². The van der Waals surface area contributed by atoms with Crippen molar-refractivity contribution in [2.45, 2.75) is 85.1 Å². The lowest BCUT2D eigenvalue weighted by molar-refractivity contribution is 0.399. The molecule has 0 bridgehead atoms. The molecule has 1 nitrogen and oxygen atoms in total. The monoisotopic (exact) mass is 227 g/mol. The van der Waals surface area contributed by atoms with Crippen LogP contribution in [0.15, 0.2) is 0 Å². The summed E-state index contributed by atoms with van der Waals surface area (Å²) < 4.78 is 0. The molecule has 0 rings (SSSR count). The fraction of sp³-hybridized carbons (Fsp3) is 1.00. The van der Waals surface area contributed by atoms with Gasteiger partial charge >= 0.3 is 0 Å². The molecule has 0 heterocycles. The molecule has 98 valence electrons. The third-order valence-corrected chi connectivity index (χ3v) is 3.39. The Morgan fingerprint density at radius 2 is 1.56 bits per heavy atom. The molecule has 16 heavy (non-hydrogen) atoms. The minimum Gasteiger partial charge on any atom is -0.315 e. The van der Waals surface area contributed by atoms with Crippen molar-refractivity contribution in [3.05, 3.63) is 0 Å². The molecule has 0 aromatic rings. The zero-order valence-corrected chi connectivity index (χ0v) is 12.0. The van der Waals surface area contributed by atoms with Gasteiger partial charge in [-0.1, -0.05) is 72.6 Å². The zero-order valence-electron chi connectivity index (χ0n) is 12.0. The zero-order chi connectivity index (χ0) is 12.2. The van der Waals surface area contributed by atoms with E-state index < -0.39 is 0 Å². The minimum absolute atomic E-state index is 0.646. The molecular weight excluding hydrogens is 194 g/mol. The summed E-state index contributed by atoms with van der Waals surface area (Å²) in [5.74, 6) is 0.998. The van der Waals surface area contributed by atoms with Gasteiger partial charge < -0.3 is 5.32 Å². The van der Waals surface area contributed by atoms with Gasteiger partial charge in [-0.15, -0.1) is 0 Å². The molecule has 1 heteroatoms. The largest absolute Gasteiger partial charge is 0.315 e. The first-order chi connectivity index (χ1) is 7.70. The number of rotatable bonds is 11. The summed E-state index contributed by atoms with van der Waals surface area (Å²) in [5.41, 5.74) is 0. The van der Waals surface area contributed by atoms with Gasteiger partial charge in [0.2, 0.25) is 0 Å². The quantitative estimate of drug-likeness (QED) is 0.502. The topological polar surface area (TPSA) is 12.0 Å². The fourth-order valence-corrected chi connectivity index (χ4v) is 2.17. The minimum atomic E-state index is 0.646. The standard InChI is InChI=1S/C15H33N/c1-5-7-11-15(6-2)12-9-8-10-13-16-14(3)4/h14-16H,5-13H2,1-4H3. The van der Waals surface area contributed by atoms with Gasteiger partial charge in [-0.2, -0.15) is 0 Å². The Labute approximate surface area is 103 Å². The molecule has 0 aromatic carbocycles. The third kappa shape index (κ3) is 10.5. The second kappa shape index (κ2) is 11.4. The maximum absolute atomic E-state index is 3.48. The molecule has 1 atom stereocenters. The molecule has 0 amide bonds. The highest BCUT2D eigenvalue weighted by atomic mass is 14.9. The highest BCUT2D eigenvalue weighted by Crippen LogP contribution is 2.19. The molecule has 0 radical (unpaired) electrons. The first kappa shape index (κ1) is 16.0. The number of hydrogen-bond donors (Lipinski definition) is 1.